The quantitative estimate of drug-likeness (QED) is 0.339. The van der Waals surface area contributed by atoms with E-state index in [0.29, 0.717) is 13.0 Å². The third kappa shape index (κ3) is 8.47. The van der Waals surface area contributed by atoms with Gasteiger partial charge in [-0.3, -0.25) is 0 Å². The molecule has 23 heavy (non-hydrogen) atoms. The Hall–Kier alpha value is -0.940. The Labute approximate surface area is 144 Å². The highest BCUT2D eigenvalue weighted by molar-refractivity contribution is 7.09. The van der Waals surface area contributed by atoms with Crippen molar-refractivity contribution in [2.45, 2.75) is 78.2 Å². The lowest BCUT2D eigenvalue weighted by Gasteiger charge is -2.03. The Kier molecular flexibility index (Phi) is 10.9. The summed E-state index contributed by atoms with van der Waals surface area (Å²) in [7, 11) is 0. The van der Waals surface area contributed by atoms with Gasteiger partial charge >= 0.3 is 5.97 Å². The fourth-order valence-electron chi connectivity index (χ4n) is 2.56. The second-order valence-corrected chi connectivity index (χ2v) is 6.97. The molecule has 4 nitrogen and oxygen atoms in total. The first-order chi connectivity index (χ1) is 11.2. The van der Waals surface area contributed by atoms with Gasteiger partial charge in [-0.05, 0) is 6.42 Å². The molecule has 132 valence electrons. The van der Waals surface area contributed by atoms with Crippen molar-refractivity contribution in [1.29, 1.82) is 0 Å². The lowest BCUT2D eigenvalue weighted by atomic mass is 10.1. The van der Waals surface area contributed by atoms with Crippen molar-refractivity contribution in [3.8, 4) is 0 Å². The molecule has 1 rings (SSSR count). The van der Waals surface area contributed by atoms with Gasteiger partial charge in [-0.15, -0.1) is 0 Å². The first-order valence-electron chi connectivity index (χ1n) is 8.92. The Balaban J connectivity index is 2.08. The van der Waals surface area contributed by atoms with Crippen LogP contribution in [0.4, 0.5) is 0 Å². The molecule has 1 aromatic heterocycles. The van der Waals surface area contributed by atoms with Crippen LogP contribution in [0.15, 0.2) is 5.51 Å². The Morgan fingerprint density at radius 2 is 1.83 bits per heavy atom. The summed E-state index contributed by atoms with van der Waals surface area (Å²) in [6.45, 7) is 5.15. The van der Waals surface area contributed by atoms with Gasteiger partial charge in [0.1, 0.15) is 0 Å². The van der Waals surface area contributed by atoms with Gasteiger partial charge in [0, 0.05) is 20.0 Å². The van der Waals surface area contributed by atoms with Crippen LogP contribution >= 0.6 is 11.3 Å². The van der Waals surface area contributed by atoms with Crippen LogP contribution in [0.2, 0.25) is 0 Å². The third-order valence-corrected chi connectivity index (χ3v) is 5.20. The average molecular weight is 343 g/mol. The molecule has 5 heteroatoms. The number of aromatic nitrogens is 1. The molecule has 0 aliphatic heterocycles. The van der Waals surface area contributed by atoms with Crippen molar-refractivity contribution in [3.05, 3.63) is 16.1 Å². The normalized spacial score (nSPS) is 10.9. The standard InChI is InChI=1S/C18H32NO3S/c1-3-4-5-6-7-8-9-10-13-22-18(21)14-19-15-23-17(11-12-20)16(19)2/h15,20H,3-14H2,1-2H3/q+1. The molecule has 0 aliphatic carbocycles. The summed E-state index contributed by atoms with van der Waals surface area (Å²) in [6.07, 6.45) is 10.6. The number of carbonyl (C=O) groups excluding carboxylic acids is 1. The number of nitrogens with zero attached hydrogens (tertiary/aromatic N) is 1. The van der Waals surface area contributed by atoms with E-state index in [-0.39, 0.29) is 19.1 Å². The number of ether oxygens (including phenoxy) is 1. The van der Waals surface area contributed by atoms with Crippen molar-refractivity contribution in [2.75, 3.05) is 13.2 Å². The van der Waals surface area contributed by atoms with Gasteiger partial charge in [-0.1, -0.05) is 63.2 Å². The van der Waals surface area contributed by atoms with Crippen LogP contribution in [-0.2, 0) is 22.5 Å². The van der Waals surface area contributed by atoms with E-state index in [2.05, 4.69) is 6.92 Å². The van der Waals surface area contributed by atoms with E-state index in [9.17, 15) is 4.79 Å². The van der Waals surface area contributed by atoms with Gasteiger partial charge in [0.25, 0.3) is 0 Å². The highest BCUT2D eigenvalue weighted by Crippen LogP contribution is 2.11. The number of thiazole rings is 1. The van der Waals surface area contributed by atoms with Gasteiger partial charge in [-0.25, -0.2) is 4.79 Å². The van der Waals surface area contributed by atoms with Gasteiger partial charge in [0.2, 0.25) is 12.1 Å². The molecule has 0 aliphatic rings. The molecule has 0 aromatic carbocycles. The van der Waals surface area contributed by atoms with Crippen LogP contribution in [0.1, 0.15) is 68.9 Å². The lowest BCUT2D eigenvalue weighted by molar-refractivity contribution is -0.687. The zero-order valence-corrected chi connectivity index (χ0v) is 15.5. The molecule has 0 saturated carbocycles. The van der Waals surface area contributed by atoms with Crippen molar-refractivity contribution >= 4 is 17.3 Å². The van der Waals surface area contributed by atoms with Crippen LogP contribution in [0, 0.1) is 6.92 Å². The largest absolute Gasteiger partial charge is 0.461 e. The molecule has 1 heterocycles. The maximum absolute atomic E-state index is 11.9. The second-order valence-electron chi connectivity index (χ2n) is 6.03. The van der Waals surface area contributed by atoms with Crippen LogP contribution in [0.5, 0.6) is 0 Å². The smallest absolute Gasteiger partial charge is 0.372 e. The number of unbranched alkanes of at least 4 members (excludes halogenated alkanes) is 7. The van der Waals surface area contributed by atoms with Crippen molar-refractivity contribution in [1.82, 2.24) is 0 Å². The molecule has 0 atom stereocenters. The van der Waals surface area contributed by atoms with Gasteiger partial charge in [0.05, 0.1) is 11.5 Å². The topological polar surface area (TPSA) is 50.4 Å². The summed E-state index contributed by atoms with van der Waals surface area (Å²) in [5.74, 6) is -0.172. The molecule has 0 unspecified atom stereocenters. The molecular formula is C18H32NO3S+. The summed E-state index contributed by atoms with van der Waals surface area (Å²) in [4.78, 5) is 13.0. The summed E-state index contributed by atoms with van der Waals surface area (Å²) in [5.41, 5.74) is 2.98. The molecule has 0 fully saturated rings. The molecule has 0 saturated heterocycles. The molecule has 0 bridgehead atoms. The molecule has 1 aromatic rings. The maximum Gasteiger partial charge on any atom is 0.372 e. The van der Waals surface area contributed by atoms with Gasteiger partial charge in [-0.2, -0.15) is 4.57 Å². The van der Waals surface area contributed by atoms with E-state index in [1.165, 1.54) is 38.5 Å². The number of aliphatic hydroxyl groups excluding tert-OH is 1. The molecule has 0 spiro atoms. The van der Waals surface area contributed by atoms with Crippen LogP contribution < -0.4 is 4.57 Å². The zero-order chi connectivity index (χ0) is 16.9. The van der Waals surface area contributed by atoms with Crippen LogP contribution in [0.25, 0.3) is 0 Å². The highest BCUT2D eigenvalue weighted by Gasteiger charge is 2.18. The minimum Gasteiger partial charge on any atom is -0.461 e. The number of carbonyl (C=O) groups is 1. The van der Waals surface area contributed by atoms with E-state index in [4.69, 9.17) is 9.84 Å². The summed E-state index contributed by atoms with van der Waals surface area (Å²) in [5, 5.41) is 8.99. The van der Waals surface area contributed by atoms with E-state index >= 15 is 0 Å². The predicted molar refractivity (Wildman–Crippen MR) is 93.6 cm³/mol. The number of hydrogen-bond acceptors (Lipinski definition) is 4. The van der Waals surface area contributed by atoms with Crippen LogP contribution in [-0.4, -0.2) is 24.3 Å². The number of hydrogen-bond donors (Lipinski definition) is 1. The fraction of sp³-hybridized carbons (Fsp3) is 0.778. The lowest BCUT2D eigenvalue weighted by Crippen LogP contribution is -2.39. The molecule has 0 amide bonds. The number of esters is 1. The zero-order valence-electron chi connectivity index (χ0n) is 14.7. The Bertz CT molecular complexity index is 445. The summed E-state index contributed by atoms with van der Waals surface area (Å²) < 4.78 is 7.22. The van der Waals surface area contributed by atoms with E-state index in [1.54, 1.807) is 11.3 Å². The monoisotopic (exact) mass is 342 g/mol. The average Bonchev–Trinajstić information content (AvgIpc) is 2.87. The van der Waals surface area contributed by atoms with Gasteiger partial charge < -0.3 is 9.84 Å². The van der Waals surface area contributed by atoms with E-state index in [1.807, 2.05) is 17.0 Å². The number of aliphatic hydroxyl groups is 1. The summed E-state index contributed by atoms with van der Waals surface area (Å²) >= 11 is 1.58. The Morgan fingerprint density at radius 3 is 2.48 bits per heavy atom. The molecule has 0 radical (unpaired) electrons. The van der Waals surface area contributed by atoms with Crippen molar-refractivity contribution in [3.63, 3.8) is 0 Å². The minimum absolute atomic E-state index is 0.143. The van der Waals surface area contributed by atoms with E-state index < -0.39 is 0 Å². The van der Waals surface area contributed by atoms with E-state index in [0.717, 1.165) is 23.4 Å². The maximum atomic E-state index is 11.9. The highest BCUT2D eigenvalue weighted by atomic mass is 32.1. The number of rotatable bonds is 13. The first kappa shape index (κ1) is 20.1. The third-order valence-electron chi connectivity index (χ3n) is 4.06. The predicted octanol–water partition coefficient (Wildman–Crippen LogP) is 3.56. The first-order valence-corrected chi connectivity index (χ1v) is 9.79. The second kappa shape index (κ2) is 12.5. The Morgan fingerprint density at radius 1 is 1.17 bits per heavy atom. The molecular weight excluding hydrogens is 310 g/mol. The van der Waals surface area contributed by atoms with Crippen molar-refractivity contribution in [2.24, 2.45) is 0 Å². The summed E-state index contributed by atoms with van der Waals surface area (Å²) in [6, 6.07) is 0. The SMILES string of the molecule is CCCCCCCCCCOC(=O)C[n+]1csc(CCO)c1C. The molecule has 1 N–H and O–H groups in total. The van der Waals surface area contributed by atoms with Gasteiger partial charge in [0.15, 0.2) is 5.69 Å². The van der Waals surface area contributed by atoms with Crippen molar-refractivity contribution < 1.29 is 19.2 Å². The minimum atomic E-state index is -0.172. The van der Waals surface area contributed by atoms with Crippen LogP contribution in [0.3, 0.4) is 0 Å². The fourth-order valence-corrected chi connectivity index (χ4v) is 3.54.